The van der Waals surface area contributed by atoms with Crippen LogP contribution < -0.4 is 5.32 Å². The summed E-state index contributed by atoms with van der Waals surface area (Å²) in [5.74, 6) is 0.409. The molecular formula is C16H23F2N5O. The van der Waals surface area contributed by atoms with E-state index in [9.17, 15) is 8.78 Å². The molecule has 1 fully saturated rings. The molecule has 3 rings (SSSR count). The van der Waals surface area contributed by atoms with Gasteiger partial charge in [0.05, 0.1) is 6.10 Å². The first-order chi connectivity index (χ1) is 11.5. The largest absolute Gasteiger partial charge is 0.380 e. The highest BCUT2D eigenvalue weighted by Gasteiger charge is 2.58. The molecule has 0 unspecified atom stereocenters. The Hall–Kier alpha value is -1.83. The van der Waals surface area contributed by atoms with Gasteiger partial charge in [-0.25, -0.2) is 8.78 Å². The van der Waals surface area contributed by atoms with E-state index >= 15 is 0 Å². The molecule has 2 heterocycles. The predicted octanol–water partition coefficient (Wildman–Crippen LogP) is 3.31. The normalized spacial score (nSPS) is 25.9. The van der Waals surface area contributed by atoms with Gasteiger partial charge in [0.1, 0.15) is 5.82 Å². The van der Waals surface area contributed by atoms with Gasteiger partial charge >= 0.3 is 0 Å². The van der Waals surface area contributed by atoms with Crippen molar-refractivity contribution in [2.75, 3.05) is 12.4 Å². The third-order valence-electron chi connectivity index (χ3n) is 5.55. The van der Waals surface area contributed by atoms with Crippen molar-refractivity contribution in [2.45, 2.75) is 52.2 Å². The van der Waals surface area contributed by atoms with Crippen LogP contribution in [0.1, 0.15) is 45.9 Å². The van der Waals surface area contributed by atoms with Gasteiger partial charge in [-0.3, -0.25) is 0 Å². The molecule has 8 heteroatoms. The topological polar surface area (TPSA) is 64.3 Å². The molecular weight excluding hydrogens is 316 g/mol. The summed E-state index contributed by atoms with van der Waals surface area (Å²) in [6.07, 6.45) is -0.587. The fourth-order valence-electron chi connectivity index (χ4n) is 4.27. The van der Waals surface area contributed by atoms with Gasteiger partial charge in [0.2, 0.25) is 5.82 Å². The van der Waals surface area contributed by atoms with Gasteiger partial charge in [0.25, 0.3) is 6.43 Å². The van der Waals surface area contributed by atoms with Crippen molar-refractivity contribution in [3.8, 4) is 0 Å². The SMILES string of the molecule is CCC1(CC)[C@H](Nc2ccc3nnc(C(F)F)n3n2)[C@@H](C)[C@@H]1OC. The standard InChI is InChI=1S/C16H23F2N5O/c1-5-16(6-2)12(9(3)13(16)24-4)19-10-7-8-11-20-21-15(14(17)18)23(11)22-10/h7-9,12-14H,5-6H2,1-4H3,(H,19,22)/t9-,12-,13+/m1/s1. The Kier molecular flexibility index (Phi) is 4.42. The van der Waals surface area contributed by atoms with Crippen LogP contribution in [0, 0.1) is 11.3 Å². The number of methoxy groups -OCH3 is 1. The van der Waals surface area contributed by atoms with Crippen molar-refractivity contribution in [3.63, 3.8) is 0 Å². The molecule has 6 nitrogen and oxygen atoms in total. The smallest absolute Gasteiger partial charge is 0.299 e. The molecule has 2 aromatic heterocycles. The summed E-state index contributed by atoms with van der Waals surface area (Å²) in [4.78, 5) is 0. The second-order valence-corrected chi connectivity index (χ2v) is 6.43. The Bertz CT molecular complexity index is 716. The monoisotopic (exact) mass is 339 g/mol. The van der Waals surface area contributed by atoms with Gasteiger partial charge in [-0.15, -0.1) is 15.3 Å². The van der Waals surface area contributed by atoms with Crippen LogP contribution in [0.4, 0.5) is 14.6 Å². The number of halogens is 2. The Morgan fingerprint density at radius 1 is 1.29 bits per heavy atom. The lowest BCUT2D eigenvalue weighted by Crippen LogP contribution is -2.66. The van der Waals surface area contributed by atoms with Crippen LogP contribution in [0.5, 0.6) is 0 Å². The zero-order chi connectivity index (χ0) is 17.5. The Morgan fingerprint density at radius 2 is 2.00 bits per heavy atom. The van der Waals surface area contributed by atoms with Crippen molar-refractivity contribution in [2.24, 2.45) is 11.3 Å². The molecule has 1 aliphatic carbocycles. The summed E-state index contributed by atoms with van der Waals surface area (Å²) in [6, 6.07) is 3.57. The summed E-state index contributed by atoms with van der Waals surface area (Å²) in [6.45, 7) is 6.44. The van der Waals surface area contributed by atoms with Crippen molar-refractivity contribution >= 4 is 11.5 Å². The number of ether oxygens (including phenoxy) is 1. The average Bonchev–Trinajstić information content (AvgIpc) is 3.00. The minimum absolute atomic E-state index is 0.0174. The third-order valence-corrected chi connectivity index (χ3v) is 5.55. The molecule has 1 N–H and O–H groups in total. The molecule has 24 heavy (non-hydrogen) atoms. The first-order valence-electron chi connectivity index (χ1n) is 8.28. The van der Waals surface area contributed by atoms with E-state index in [0.717, 1.165) is 17.4 Å². The van der Waals surface area contributed by atoms with Gasteiger partial charge in [-0.1, -0.05) is 20.8 Å². The highest BCUT2D eigenvalue weighted by molar-refractivity contribution is 5.45. The Morgan fingerprint density at radius 3 is 2.58 bits per heavy atom. The first-order valence-corrected chi connectivity index (χ1v) is 8.28. The highest BCUT2D eigenvalue weighted by Crippen LogP contribution is 2.53. The fourth-order valence-corrected chi connectivity index (χ4v) is 4.27. The van der Waals surface area contributed by atoms with Gasteiger partial charge in [-0.05, 0) is 25.0 Å². The van der Waals surface area contributed by atoms with Crippen LogP contribution in [0.25, 0.3) is 5.65 Å². The molecule has 0 spiro atoms. The maximum atomic E-state index is 13.0. The molecule has 2 aromatic rings. The highest BCUT2D eigenvalue weighted by atomic mass is 19.3. The number of fused-ring (bicyclic) bond motifs is 1. The quantitative estimate of drug-likeness (QED) is 0.875. The van der Waals surface area contributed by atoms with Crippen LogP contribution in [0.3, 0.4) is 0 Å². The minimum atomic E-state index is -2.71. The van der Waals surface area contributed by atoms with E-state index in [1.165, 1.54) is 0 Å². The fraction of sp³-hybridized carbons (Fsp3) is 0.688. The van der Waals surface area contributed by atoms with E-state index in [2.05, 4.69) is 41.4 Å². The van der Waals surface area contributed by atoms with E-state index in [1.807, 2.05) is 0 Å². The summed E-state index contributed by atoms with van der Waals surface area (Å²) in [5, 5.41) is 14.9. The van der Waals surface area contributed by atoms with Crippen molar-refractivity contribution in [1.82, 2.24) is 19.8 Å². The average molecular weight is 339 g/mol. The van der Waals surface area contributed by atoms with Crippen molar-refractivity contribution < 1.29 is 13.5 Å². The molecule has 0 saturated heterocycles. The lowest BCUT2D eigenvalue weighted by Gasteiger charge is -2.59. The van der Waals surface area contributed by atoms with Gasteiger partial charge in [0.15, 0.2) is 5.65 Å². The van der Waals surface area contributed by atoms with Crippen LogP contribution >= 0.6 is 0 Å². The Labute approximate surface area is 139 Å². The molecule has 0 amide bonds. The summed E-state index contributed by atoms with van der Waals surface area (Å²) < 4.78 is 32.8. The van der Waals surface area contributed by atoms with Crippen LogP contribution in [0.15, 0.2) is 12.1 Å². The molecule has 1 saturated carbocycles. The van der Waals surface area contributed by atoms with E-state index < -0.39 is 12.2 Å². The lowest BCUT2D eigenvalue weighted by molar-refractivity contribution is -0.150. The van der Waals surface area contributed by atoms with Crippen molar-refractivity contribution in [3.05, 3.63) is 18.0 Å². The lowest BCUT2D eigenvalue weighted by atomic mass is 9.53. The number of anilines is 1. The minimum Gasteiger partial charge on any atom is -0.380 e. The molecule has 0 bridgehead atoms. The van der Waals surface area contributed by atoms with E-state index in [0.29, 0.717) is 17.4 Å². The zero-order valence-electron chi connectivity index (χ0n) is 14.3. The molecule has 3 atom stereocenters. The molecule has 0 aromatic carbocycles. The number of hydrogen-bond donors (Lipinski definition) is 1. The maximum absolute atomic E-state index is 13.0. The van der Waals surface area contributed by atoms with Crippen molar-refractivity contribution in [1.29, 1.82) is 0 Å². The maximum Gasteiger partial charge on any atom is 0.299 e. The number of nitrogens with zero attached hydrogens (tertiary/aromatic N) is 4. The summed E-state index contributed by atoms with van der Waals surface area (Å²) in [5.41, 5.74) is 0.327. The van der Waals surface area contributed by atoms with E-state index in [-0.39, 0.29) is 17.6 Å². The molecule has 1 aliphatic rings. The number of hydrogen-bond acceptors (Lipinski definition) is 5. The number of nitrogens with one attached hydrogen (secondary N) is 1. The third kappa shape index (κ3) is 2.35. The molecule has 132 valence electrons. The van der Waals surface area contributed by atoms with Crippen LogP contribution in [-0.2, 0) is 4.74 Å². The zero-order valence-corrected chi connectivity index (χ0v) is 14.3. The van der Waals surface area contributed by atoms with Gasteiger partial charge in [0, 0.05) is 24.5 Å². The first kappa shape index (κ1) is 17.0. The summed E-state index contributed by atoms with van der Waals surface area (Å²) >= 11 is 0. The second-order valence-electron chi connectivity index (χ2n) is 6.43. The molecule has 0 aliphatic heterocycles. The van der Waals surface area contributed by atoms with E-state index in [1.54, 1.807) is 19.2 Å². The summed E-state index contributed by atoms with van der Waals surface area (Å²) in [7, 11) is 1.74. The number of alkyl halides is 2. The number of aromatic nitrogens is 4. The van der Waals surface area contributed by atoms with Crippen LogP contribution in [-0.4, -0.2) is 39.1 Å². The van der Waals surface area contributed by atoms with Gasteiger partial charge < -0.3 is 10.1 Å². The van der Waals surface area contributed by atoms with E-state index in [4.69, 9.17) is 4.74 Å². The predicted molar refractivity (Wildman–Crippen MR) is 86.1 cm³/mol. The number of rotatable bonds is 6. The van der Waals surface area contributed by atoms with Crippen LogP contribution in [0.2, 0.25) is 0 Å². The Balaban J connectivity index is 1.90. The molecule has 0 radical (unpaired) electrons. The second kappa shape index (κ2) is 6.23. The van der Waals surface area contributed by atoms with Gasteiger partial charge in [-0.2, -0.15) is 4.52 Å².